The van der Waals surface area contributed by atoms with Crippen LogP contribution in [-0.2, 0) is 20.9 Å². The molecule has 1 atom stereocenters. The highest BCUT2D eigenvalue weighted by molar-refractivity contribution is 5.93. The minimum atomic E-state index is -0.226. The van der Waals surface area contributed by atoms with Crippen LogP contribution in [0, 0.1) is 6.92 Å². The quantitative estimate of drug-likeness (QED) is 0.667. The van der Waals surface area contributed by atoms with Gasteiger partial charge in [0.15, 0.2) is 0 Å². The summed E-state index contributed by atoms with van der Waals surface area (Å²) in [6.45, 7) is 4.25. The van der Waals surface area contributed by atoms with Crippen LogP contribution in [0.1, 0.15) is 35.4 Å². The van der Waals surface area contributed by atoms with Crippen molar-refractivity contribution in [2.75, 3.05) is 19.0 Å². The standard InChI is InChI=1S/C23H23N3O4/c1-14-18-6-4-5-7-19(18)30-22(14)15(2)26(3)21(28)9-8-16-10-17-12-29-13-20(27)25-23(17)24-11-16/h4-11,15H,12-13H2,1-3H3,(H,24,25,27)/t15-/m1/s1. The maximum Gasteiger partial charge on any atom is 0.251 e. The summed E-state index contributed by atoms with van der Waals surface area (Å²) in [7, 11) is 1.75. The topological polar surface area (TPSA) is 84.7 Å². The van der Waals surface area contributed by atoms with Crippen molar-refractivity contribution >= 4 is 34.7 Å². The van der Waals surface area contributed by atoms with Gasteiger partial charge in [0.05, 0.1) is 12.6 Å². The van der Waals surface area contributed by atoms with E-state index >= 15 is 0 Å². The molecule has 1 N–H and O–H groups in total. The lowest BCUT2D eigenvalue weighted by Gasteiger charge is -2.22. The lowest BCUT2D eigenvalue weighted by atomic mass is 10.1. The summed E-state index contributed by atoms with van der Waals surface area (Å²) < 4.78 is 11.3. The van der Waals surface area contributed by atoms with Gasteiger partial charge in [-0.15, -0.1) is 0 Å². The Morgan fingerprint density at radius 2 is 2.10 bits per heavy atom. The Hall–Kier alpha value is -3.45. The zero-order chi connectivity index (χ0) is 21.3. The predicted octanol–water partition coefficient (Wildman–Crippen LogP) is 3.84. The summed E-state index contributed by atoms with van der Waals surface area (Å²) in [4.78, 5) is 30.2. The molecule has 0 saturated heterocycles. The maximum absolute atomic E-state index is 12.7. The van der Waals surface area contributed by atoms with Crippen LogP contribution in [0.5, 0.6) is 0 Å². The van der Waals surface area contributed by atoms with Crippen molar-refractivity contribution in [2.45, 2.75) is 26.5 Å². The molecule has 154 valence electrons. The Balaban J connectivity index is 1.50. The summed E-state index contributed by atoms with van der Waals surface area (Å²) in [5.41, 5.74) is 3.38. The van der Waals surface area contributed by atoms with Crippen LogP contribution in [0.25, 0.3) is 17.0 Å². The van der Waals surface area contributed by atoms with E-state index in [1.165, 1.54) is 6.08 Å². The van der Waals surface area contributed by atoms with Gasteiger partial charge >= 0.3 is 0 Å². The van der Waals surface area contributed by atoms with Crippen LogP contribution in [-0.4, -0.2) is 35.4 Å². The SMILES string of the molecule is Cc1c([C@@H](C)N(C)C(=O)C=Cc2cnc3c(c2)COCC(=O)N3)oc2ccccc12. The molecular formula is C23H23N3O4. The van der Waals surface area contributed by atoms with Gasteiger partial charge in [0.2, 0.25) is 5.91 Å². The number of benzene rings is 1. The second kappa shape index (κ2) is 8.12. The Bertz CT molecular complexity index is 1150. The largest absolute Gasteiger partial charge is 0.459 e. The third-order valence-corrected chi connectivity index (χ3v) is 5.34. The number of ether oxygens (including phenoxy) is 1. The smallest absolute Gasteiger partial charge is 0.251 e. The molecule has 0 bridgehead atoms. The molecule has 0 aliphatic carbocycles. The lowest BCUT2D eigenvalue weighted by molar-refractivity contribution is -0.126. The second-order valence-electron chi connectivity index (χ2n) is 7.36. The average molecular weight is 405 g/mol. The molecule has 30 heavy (non-hydrogen) atoms. The van der Waals surface area contributed by atoms with Gasteiger partial charge in [0.1, 0.15) is 23.8 Å². The van der Waals surface area contributed by atoms with Gasteiger partial charge in [-0.3, -0.25) is 9.59 Å². The molecule has 0 radical (unpaired) electrons. The molecule has 0 saturated carbocycles. The number of hydrogen-bond donors (Lipinski definition) is 1. The molecule has 0 unspecified atom stereocenters. The molecule has 2 aromatic heterocycles. The highest BCUT2D eigenvalue weighted by Gasteiger charge is 2.22. The van der Waals surface area contributed by atoms with Gasteiger partial charge in [-0.25, -0.2) is 4.98 Å². The number of fused-ring (bicyclic) bond motifs is 2. The highest BCUT2D eigenvalue weighted by atomic mass is 16.5. The predicted molar refractivity (Wildman–Crippen MR) is 114 cm³/mol. The number of hydrogen-bond acceptors (Lipinski definition) is 5. The van der Waals surface area contributed by atoms with Crippen molar-refractivity contribution < 1.29 is 18.7 Å². The number of pyridine rings is 1. The highest BCUT2D eigenvalue weighted by Crippen LogP contribution is 2.31. The third-order valence-electron chi connectivity index (χ3n) is 5.34. The number of nitrogens with zero attached hydrogens (tertiary/aromatic N) is 2. The van der Waals surface area contributed by atoms with Crippen molar-refractivity contribution in [3.8, 4) is 0 Å². The van der Waals surface area contributed by atoms with E-state index in [4.69, 9.17) is 9.15 Å². The molecule has 4 rings (SSSR count). The van der Waals surface area contributed by atoms with Crippen molar-refractivity contribution in [1.29, 1.82) is 0 Å². The molecule has 7 nitrogen and oxygen atoms in total. The average Bonchev–Trinajstić information content (AvgIpc) is 2.96. The maximum atomic E-state index is 12.7. The van der Waals surface area contributed by atoms with E-state index in [1.54, 1.807) is 24.2 Å². The van der Waals surface area contributed by atoms with Crippen molar-refractivity contribution in [2.24, 2.45) is 0 Å². The monoisotopic (exact) mass is 405 g/mol. The van der Waals surface area contributed by atoms with E-state index in [9.17, 15) is 9.59 Å². The summed E-state index contributed by atoms with van der Waals surface area (Å²) in [5.74, 6) is 0.894. The molecule has 0 spiro atoms. The van der Waals surface area contributed by atoms with Crippen LogP contribution < -0.4 is 5.32 Å². The number of aromatic nitrogens is 1. The minimum absolute atomic E-state index is 0.00388. The number of anilines is 1. The van der Waals surface area contributed by atoms with Crippen LogP contribution in [0.2, 0.25) is 0 Å². The van der Waals surface area contributed by atoms with E-state index in [0.717, 1.165) is 33.4 Å². The number of furan rings is 1. The van der Waals surface area contributed by atoms with E-state index in [0.29, 0.717) is 12.4 Å². The summed E-state index contributed by atoms with van der Waals surface area (Å²) in [6.07, 6.45) is 4.83. The Kier molecular flexibility index (Phi) is 5.37. The van der Waals surface area contributed by atoms with Crippen molar-refractivity contribution in [3.63, 3.8) is 0 Å². The number of para-hydroxylation sites is 1. The molecule has 1 aromatic carbocycles. The lowest BCUT2D eigenvalue weighted by Crippen LogP contribution is -2.28. The first-order valence-electron chi connectivity index (χ1n) is 9.73. The van der Waals surface area contributed by atoms with Crippen LogP contribution in [0.4, 0.5) is 5.82 Å². The third kappa shape index (κ3) is 3.84. The number of amides is 2. The molecule has 1 aliphatic heterocycles. The summed E-state index contributed by atoms with van der Waals surface area (Å²) in [5, 5.41) is 3.75. The Morgan fingerprint density at radius 3 is 2.90 bits per heavy atom. The minimum Gasteiger partial charge on any atom is -0.459 e. The van der Waals surface area contributed by atoms with Gasteiger partial charge in [0, 0.05) is 35.8 Å². The van der Waals surface area contributed by atoms with Gasteiger partial charge in [0.25, 0.3) is 5.91 Å². The molecular weight excluding hydrogens is 382 g/mol. The molecule has 3 heterocycles. The summed E-state index contributed by atoms with van der Waals surface area (Å²) in [6, 6.07) is 9.49. The van der Waals surface area contributed by atoms with E-state index in [-0.39, 0.29) is 24.5 Å². The van der Waals surface area contributed by atoms with E-state index < -0.39 is 0 Å². The first kappa shape index (κ1) is 19.8. The number of nitrogens with one attached hydrogen (secondary N) is 1. The van der Waals surface area contributed by atoms with Crippen molar-refractivity contribution in [3.05, 3.63) is 65.1 Å². The zero-order valence-electron chi connectivity index (χ0n) is 17.1. The van der Waals surface area contributed by atoms with Gasteiger partial charge in [-0.2, -0.15) is 0 Å². The number of rotatable bonds is 4. The fraction of sp³-hybridized carbons (Fsp3) is 0.261. The fourth-order valence-electron chi connectivity index (χ4n) is 3.51. The van der Waals surface area contributed by atoms with E-state index in [2.05, 4.69) is 10.3 Å². The number of likely N-dealkylation sites (N-methyl/N-ethyl adjacent to an activating group) is 1. The number of carbonyl (C=O) groups is 2. The normalized spacial score (nSPS) is 15.0. The zero-order valence-corrected chi connectivity index (χ0v) is 17.1. The van der Waals surface area contributed by atoms with Crippen LogP contribution in [0.3, 0.4) is 0 Å². The van der Waals surface area contributed by atoms with Gasteiger partial charge in [-0.1, -0.05) is 18.2 Å². The molecule has 3 aromatic rings. The van der Waals surface area contributed by atoms with Gasteiger partial charge < -0.3 is 19.4 Å². The fourth-order valence-corrected chi connectivity index (χ4v) is 3.51. The Morgan fingerprint density at radius 1 is 1.30 bits per heavy atom. The molecule has 2 amide bonds. The van der Waals surface area contributed by atoms with Gasteiger partial charge in [-0.05, 0) is 37.6 Å². The van der Waals surface area contributed by atoms with Crippen LogP contribution >= 0.6 is 0 Å². The first-order valence-corrected chi connectivity index (χ1v) is 9.73. The first-order chi connectivity index (χ1) is 14.4. The van der Waals surface area contributed by atoms with E-state index in [1.807, 2.05) is 44.2 Å². The van der Waals surface area contributed by atoms with Crippen molar-refractivity contribution in [1.82, 2.24) is 9.88 Å². The number of aryl methyl sites for hydroxylation is 1. The molecule has 7 heteroatoms. The Labute approximate surface area is 174 Å². The number of carbonyl (C=O) groups excluding carboxylic acids is 2. The summed E-state index contributed by atoms with van der Waals surface area (Å²) >= 11 is 0. The van der Waals surface area contributed by atoms with Crippen LogP contribution in [0.15, 0.2) is 47.0 Å². The second-order valence-corrected chi connectivity index (χ2v) is 7.36. The molecule has 0 fully saturated rings. The molecule has 1 aliphatic rings.